The molecular formula is C15H13F4NO3. The van der Waals surface area contributed by atoms with Crippen molar-refractivity contribution in [1.29, 1.82) is 0 Å². The molecule has 1 fully saturated rings. The fraction of sp³-hybridized carbons (Fsp3) is 0.400. The molecule has 23 heavy (non-hydrogen) atoms. The zero-order valence-corrected chi connectivity index (χ0v) is 12.1. The highest BCUT2D eigenvalue weighted by Crippen LogP contribution is 2.25. The third-order valence-corrected chi connectivity index (χ3v) is 3.18. The first-order valence-electron chi connectivity index (χ1n) is 6.94. The van der Waals surface area contributed by atoms with Crippen molar-refractivity contribution in [3.05, 3.63) is 34.9 Å². The normalized spacial score (nSPS) is 15.7. The van der Waals surface area contributed by atoms with Gasteiger partial charge in [0.25, 0.3) is 0 Å². The lowest BCUT2D eigenvalue weighted by atomic mass is 9.97. The van der Waals surface area contributed by atoms with Crippen molar-refractivity contribution in [3.63, 3.8) is 0 Å². The summed E-state index contributed by atoms with van der Waals surface area (Å²) in [6.45, 7) is 1.45. The average molecular weight is 331 g/mol. The molecule has 0 saturated heterocycles. The van der Waals surface area contributed by atoms with E-state index in [0.717, 1.165) is 19.1 Å². The van der Waals surface area contributed by atoms with Crippen LogP contribution in [0, 0.1) is 29.2 Å². The van der Waals surface area contributed by atoms with Gasteiger partial charge >= 0.3 is 5.97 Å². The molecule has 1 saturated carbocycles. The molecule has 0 aliphatic heterocycles. The van der Waals surface area contributed by atoms with E-state index in [-0.39, 0.29) is 18.7 Å². The van der Waals surface area contributed by atoms with Crippen LogP contribution < -0.4 is 0 Å². The maximum Gasteiger partial charge on any atom is 0.322 e. The molecule has 4 nitrogen and oxygen atoms in total. The van der Waals surface area contributed by atoms with Gasteiger partial charge in [-0.05, 0) is 25.8 Å². The van der Waals surface area contributed by atoms with Crippen molar-refractivity contribution < 1.29 is 31.9 Å². The van der Waals surface area contributed by atoms with Crippen molar-refractivity contribution in [3.8, 4) is 0 Å². The molecule has 0 radical (unpaired) electrons. The van der Waals surface area contributed by atoms with Crippen LogP contribution >= 0.6 is 0 Å². The van der Waals surface area contributed by atoms with Gasteiger partial charge in [-0.3, -0.25) is 14.6 Å². The number of carbonyl (C=O) groups is 2. The number of ether oxygens (including phenoxy) is 1. The number of Topliss-reactive ketones (excluding diaryl/α,β-unsaturated/α-hetero) is 1. The molecular weight excluding hydrogens is 318 g/mol. The minimum atomic E-state index is -2.12. The highest BCUT2D eigenvalue weighted by Gasteiger charge is 2.33. The highest BCUT2D eigenvalue weighted by atomic mass is 19.2. The summed E-state index contributed by atoms with van der Waals surface area (Å²) in [4.78, 5) is 28.0. The molecule has 0 aromatic heterocycles. The van der Waals surface area contributed by atoms with Crippen LogP contribution in [0.15, 0.2) is 11.1 Å². The Morgan fingerprint density at radius 1 is 1.26 bits per heavy atom. The third kappa shape index (κ3) is 3.75. The molecule has 1 aromatic rings. The predicted molar refractivity (Wildman–Crippen MR) is 72.2 cm³/mol. The average Bonchev–Trinajstić information content (AvgIpc) is 3.33. The predicted octanol–water partition coefficient (Wildman–Crippen LogP) is 2.84. The number of carbonyl (C=O) groups excluding carboxylic acids is 2. The van der Waals surface area contributed by atoms with Crippen molar-refractivity contribution >= 4 is 18.0 Å². The molecule has 1 aliphatic rings. The second-order valence-electron chi connectivity index (χ2n) is 4.97. The minimum Gasteiger partial charge on any atom is -0.465 e. The van der Waals surface area contributed by atoms with Crippen LogP contribution in [0.5, 0.6) is 0 Å². The zero-order valence-electron chi connectivity index (χ0n) is 12.1. The maximum atomic E-state index is 13.7. The lowest BCUT2D eigenvalue weighted by molar-refractivity contribution is -0.143. The van der Waals surface area contributed by atoms with Crippen LogP contribution in [0.25, 0.3) is 0 Å². The Hall–Kier alpha value is -2.25. The van der Waals surface area contributed by atoms with Gasteiger partial charge in [0.1, 0.15) is 0 Å². The summed E-state index contributed by atoms with van der Waals surface area (Å²) in [6.07, 6.45) is 2.55. The Kier molecular flexibility index (Phi) is 5.12. The van der Waals surface area contributed by atoms with Gasteiger partial charge in [0, 0.05) is 12.3 Å². The monoisotopic (exact) mass is 331 g/mol. The molecule has 0 amide bonds. The lowest BCUT2D eigenvalue weighted by Crippen LogP contribution is -2.29. The van der Waals surface area contributed by atoms with Gasteiger partial charge in [0.2, 0.25) is 0 Å². The van der Waals surface area contributed by atoms with Crippen LogP contribution in [0.2, 0.25) is 0 Å². The van der Waals surface area contributed by atoms with Crippen molar-refractivity contribution in [1.82, 2.24) is 0 Å². The van der Waals surface area contributed by atoms with Crippen LogP contribution in [0.1, 0.15) is 30.1 Å². The van der Waals surface area contributed by atoms with E-state index in [9.17, 15) is 27.2 Å². The number of halogens is 4. The minimum absolute atomic E-state index is 0.0359. The number of hydrogen-bond donors (Lipinski definition) is 0. The van der Waals surface area contributed by atoms with E-state index in [1.807, 2.05) is 0 Å². The van der Waals surface area contributed by atoms with Gasteiger partial charge in [0.15, 0.2) is 35.0 Å². The van der Waals surface area contributed by atoms with Crippen molar-refractivity contribution in [2.24, 2.45) is 10.9 Å². The zero-order chi connectivity index (χ0) is 17.1. The highest BCUT2D eigenvalue weighted by molar-refractivity contribution is 6.18. The number of benzene rings is 1. The number of rotatable bonds is 6. The summed E-state index contributed by atoms with van der Waals surface area (Å²) in [5.74, 6) is -11.6. The van der Waals surface area contributed by atoms with E-state index in [1.54, 1.807) is 0 Å². The van der Waals surface area contributed by atoms with Gasteiger partial charge in [-0.1, -0.05) is 0 Å². The summed E-state index contributed by atoms with van der Waals surface area (Å²) < 4.78 is 57.9. The van der Waals surface area contributed by atoms with Crippen LogP contribution in [-0.4, -0.2) is 30.6 Å². The first-order valence-corrected chi connectivity index (χ1v) is 6.94. The third-order valence-electron chi connectivity index (χ3n) is 3.18. The molecule has 2 rings (SSSR count). The topological polar surface area (TPSA) is 55.7 Å². The fourth-order valence-corrected chi connectivity index (χ4v) is 1.82. The van der Waals surface area contributed by atoms with Crippen LogP contribution in [0.4, 0.5) is 17.6 Å². The number of hydrogen-bond acceptors (Lipinski definition) is 4. The molecule has 0 heterocycles. The standard InChI is InChI=1S/C15H13F4NO3/c1-2-23-15(22)9(6-20-7-3-4-7)14(21)8-5-10(16)12(18)13(19)11(8)17/h5-7,9H,2-4H2,1H3/t9-/m1/s1. The number of nitrogens with zero attached hydrogens (tertiary/aromatic N) is 1. The van der Waals surface area contributed by atoms with E-state index >= 15 is 0 Å². The fourth-order valence-electron chi connectivity index (χ4n) is 1.82. The van der Waals surface area contributed by atoms with E-state index in [4.69, 9.17) is 0 Å². The van der Waals surface area contributed by atoms with E-state index < -0.39 is 46.5 Å². The Bertz CT molecular complexity index is 671. The van der Waals surface area contributed by atoms with Gasteiger partial charge in [-0.2, -0.15) is 0 Å². The van der Waals surface area contributed by atoms with Gasteiger partial charge < -0.3 is 4.74 Å². The Morgan fingerprint density at radius 3 is 2.48 bits per heavy atom. The Balaban J connectivity index is 2.38. The first-order chi connectivity index (χ1) is 10.9. The first kappa shape index (κ1) is 17.1. The van der Waals surface area contributed by atoms with Crippen LogP contribution in [-0.2, 0) is 9.53 Å². The summed E-state index contributed by atoms with van der Waals surface area (Å²) in [5.41, 5.74) is -1.07. The SMILES string of the molecule is CCOC(=O)[C@H](C=NC1CC1)C(=O)c1cc(F)c(F)c(F)c1F. The maximum absolute atomic E-state index is 13.7. The lowest BCUT2D eigenvalue weighted by Gasteiger charge is -2.11. The number of aliphatic imine (C=N–C) groups is 1. The molecule has 1 aliphatic carbocycles. The quantitative estimate of drug-likeness (QED) is 0.153. The summed E-state index contributed by atoms with van der Waals surface area (Å²) >= 11 is 0. The second-order valence-corrected chi connectivity index (χ2v) is 4.97. The summed E-state index contributed by atoms with van der Waals surface area (Å²) in [6, 6.07) is 0.180. The van der Waals surface area contributed by atoms with Crippen molar-refractivity contribution in [2.45, 2.75) is 25.8 Å². The number of esters is 1. The number of ketones is 1. The van der Waals surface area contributed by atoms with E-state index in [2.05, 4.69) is 9.73 Å². The Morgan fingerprint density at radius 2 is 1.91 bits per heavy atom. The Labute approximate surface area is 129 Å². The van der Waals surface area contributed by atoms with Gasteiger partial charge in [-0.25, -0.2) is 17.6 Å². The molecule has 124 valence electrons. The van der Waals surface area contributed by atoms with Crippen molar-refractivity contribution in [2.75, 3.05) is 6.61 Å². The molecule has 0 bridgehead atoms. The van der Waals surface area contributed by atoms with Gasteiger partial charge in [0.05, 0.1) is 12.2 Å². The van der Waals surface area contributed by atoms with E-state index in [0.29, 0.717) is 0 Å². The second kappa shape index (κ2) is 6.89. The molecule has 1 atom stereocenters. The summed E-state index contributed by atoms with van der Waals surface area (Å²) in [7, 11) is 0. The molecule has 0 N–H and O–H groups in total. The molecule has 0 unspecified atom stereocenters. The molecule has 1 aromatic carbocycles. The van der Waals surface area contributed by atoms with E-state index in [1.165, 1.54) is 6.92 Å². The molecule has 0 spiro atoms. The smallest absolute Gasteiger partial charge is 0.322 e. The largest absolute Gasteiger partial charge is 0.465 e. The van der Waals surface area contributed by atoms with Gasteiger partial charge in [-0.15, -0.1) is 0 Å². The van der Waals surface area contributed by atoms with Crippen LogP contribution in [0.3, 0.4) is 0 Å². The summed E-state index contributed by atoms with van der Waals surface area (Å²) in [5, 5.41) is 0. The molecule has 8 heteroatoms.